The number of allylic oxidation sites excluding steroid dienone is 3. The van der Waals surface area contributed by atoms with Gasteiger partial charge < -0.3 is 14.9 Å². The molecule has 0 unspecified atom stereocenters. The van der Waals surface area contributed by atoms with Crippen molar-refractivity contribution in [3.05, 3.63) is 89.2 Å². The van der Waals surface area contributed by atoms with Crippen molar-refractivity contribution in [2.45, 2.75) is 45.8 Å². The van der Waals surface area contributed by atoms with Crippen molar-refractivity contribution in [3.8, 4) is 11.5 Å². The number of hydroxylamine groups is 1. The van der Waals surface area contributed by atoms with E-state index in [9.17, 15) is 15.0 Å². The molecule has 1 aliphatic heterocycles. The Morgan fingerprint density at radius 3 is 2.61 bits per heavy atom. The normalized spacial score (nSPS) is 19.7. The molecule has 1 atom stereocenters. The molecule has 3 rings (SSSR count). The van der Waals surface area contributed by atoms with Gasteiger partial charge in [0, 0.05) is 12.5 Å². The first-order valence-corrected chi connectivity index (χ1v) is 11.2. The Bertz CT molecular complexity index is 1020. The fraction of sp³-hybridized carbons (Fsp3) is 0.296. The highest BCUT2D eigenvalue weighted by molar-refractivity contribution is 5.97. The first-order chi connectivity index (χ1) is 15.9. The number of nitrogens with one attached hydrogen (secondary N) is 1. The average Bonchev–Trinajstić information content (AvgIpc) is 2.77. The lowest BCUT2D eigenvalue weighted by molar-refractivity contribution is 0.0189. The molecule has 174 valence electrons. The molecule has 0 fully saturated rings. The monoisotopic (exact) mass is 449 g/mol. The van der Waals surface area contributed by atoms with Crippen molar-refractivity contribution in [2.24, 2.45) is 5.92 Å². The van der Waals surface area contributed by atoms with E-state index in [4.69, 9.17) is 9.57 Å². The highest BCUT2D eigenvalue weighted by atomic mass is 16.6. The molecular formula is C27H31NO5. The molecule has 0 aliphatic carbocycles. The zero-order valence-corrected chi connectivity index (χ0v) is 19.0. The molecular weight excluding hydrogens is 418 g/mol. The summed E-state index contributed by atoms with van der Waals surface area (Å²) >= 11 is 0. The Morgan fingerprint density at radius 1 is 1.09 bits per heavy atom. The van der Waals surface area contributed by atoms with Gasteiger partial charge in [-0.1, -0.05) is 62.4 Å². The summed E-state index contributed by atoms with van der Waals surface area (Å²) in [6.07, 6.45) is 11.5. The summed E-state index contributed by atoms with van der Waals surface area (Å²) in [5, 5.41) is 20.5. The third kappa shape index (κ3) is 7.26. The summed E-state index contributed by atoms with van der Waals surface area (Å²) < 4.78 is 5.75. The van der Waals surface area contributed by atoms with Gasteiger partial charge in [0.05, 0.1) is 12.3 Å². The van der Waals surface area contributed by atoms with E-state index in [0.29, 0.717) is 24.3 Å². The lowest BCUT2D eigenvalue weighted by atomic mass is 10.0. The van der Waals surface area contributed by atoms with Gasteiger partial charge in [0.2, 0.25) is 0 Å². The van der Waals surface area contributed by atoms with Gasteiger partial charge in [0.15, 0.2) is 0 Å². The minimum absolute atomic E-state index is 0.00440. The van der Waals surface area contributed by atoms with Crippen molar-refractivity contribution >= 4 is 12.0 Å². The molecule has 0 saturated carbocycles. The van der Waals surface area contributed by atoms with Crippen LogP contribution in [0.25, 0.3) is 6.08 Å². The molecule has 0 radical (unpaired) electrons. The summed E-state index contributed by atoms with van der Waals surface area (Å²) in [7, 11) is 0. The number of esters is 1. The van der Waals surface area contributed by atoms with Crippen LogP contribution in [0, 0.1) is 5.92 Å². The first-order valence-electron chi connectivity index (χ1n) is 11.2. The smallest absolute Gasteiger partial charge is 0.342 e. The van der Waals surface area contributed by atoms with Crippen LogP contribution < -0.4 is 5.48 Å². The number of ether oxygens (including phenoxy) is 1. The maximum Gasteiger partial charge on any atom is 0.342 e. The highest BCUT2D eigenvalue weighted by Crippen LogP contribution is 2.31. The van der Waals surface area contributed by atoms with Gasteiger partial charge in [-0.3, -0.25) is 10.3 Å². The van der Waals surface area contributed by atoms with Crippen molar-refractivity contribution in [3.63, 3.8) is 0 Å². The molecule has 0 amide bonds. The number of hydrogen-bond donors (Lipinski definition) is 3. The largest absolute Gasteiger partial charge is 0.508 e. The predicted octanol–water partition coefficient (Wildman–Crippen LogP) is 5.64. The van der Waals surface area contributed by atoms with Gasteiger partial charge in [-0.05, 0) is 48.1 Å². The molecule has 1 heterocycles. The van der Waals surface area contributed by atoms with Crippen LogP contribution >= 0.6 is 0 Å². The molecule has 33 heavy (non-hydrogen) atoms. The van der Waals surface area contributed by atoms with Crippen molar-refractivity contribution in [2.75, 3.05) is 0 Å². The lowest BCUT2D eigenvalue weighted by Crippen LogP contribution is -2.24. The van der Waals surface area contributed by atoms with Gasteiger partial charge in [0.25, 0.3) is 0 Å². The van der Waals surface area contributed by atoms with Crippen LogP contribution in [0.1, 0.15) is 54.6 Å². The van der Waals surface area contributed by atoms with Crippen LogP contribution in [-0.4, -0.2) is 22.3 Å². The number of benzene rings is 2. The summed E-state index contributed by atoms with van der Waals surface area (Å²) in [5.74, 6) is -1.04. The number of fused-ring (bicyclic) bond motifs is 1. The zero-order valence-electron chi connectivity index (χ0n) is 19.0. The van der Waals surface area contributed by atoms with Crippen molar-refractivity contribution < 1.29 is 24.6 Å². The maximum atomic E-state index is 13.0. The molecule has 6 nitrogen and oxygen atoms in total. The van der Waals surface area contributed by atoms with Gasteiger partial charge in [-0.25, -0.2) is 4.79 Å². The SMILES string of the molecule is CC(C)[C@@H]1CC=CCC/C=C/C(NOCc2ccccc2)=C/c2cc(O)cc(O)c2C(=O)O1. The minimum Gasteiger partial charge on any atom is -0.508 e. The molecule has 2 aromatic rings. The topological polar surface area (TPSA) is 88.0 Å². The van der Waals surface area contributed by atoms with Crippen molar-refractivity contribution in [1.82, 2.24) is 5.48 Å². The van der Waals surface area contributed by atoms with E-state index in [1.165, 1.54) is 6.07 Å². The van der Waals surface area contributed by atoms with E-state index in [1.807, 2.05) is 62.4 Å². The number of cyclic esters (lactones) is 1. The van der Waals surface area contributed by atoms with E-state index in [1.54, 1.807) is 6.08 Å². The number of carbonyl (C=O) groups excluding carboxylic acids is 1. The fourth-order valence-electron chi connectivity index (χ4n) is 3.43. The Hall–Kier alpha value is -3.51. The van der Waals surface area contributed by atoms with Crippen LogP contribution in [0.3, 0.4) is 0 Å². The second-order valence-corrected chi connectivity index (χ2v) is 8.28. The van der Waals surface area contributed by atoms with Gasteiger partial charge in [0.1, 0.15) is 23.2 Å². The predicted molar refractivity (Wildman–Crippen MR) is 128 cm³/mol. The number of phenolic OH excluding ortho intramolecular Hbond substituents is 2. The standard InChI is InChI=1S/C27H31NO5/c1-19(2)25-14-10-5-3-4-9-13-22(28-32-18-20-11-7-6-8-12-20)15-21-16-23(29)17-24(30)26(21)27(31)33-25/h5-13,15-17,19,25,28-30H,3-4,14,18H2,1-2H3/b10-5?,13-9+,22-15-/t25-/m0/s1. The molecule has 1 aliphatic rings. The third-order valence-corrected chi connectivity index (χ3v) is 5.25. The zero-order chi connectivity index (χ0) is 23.6. The Labute approximate surface area is 194 Å². The van der Waals surface area contributed by atoms with E-state index < -0.39 is 5.97 Å². The van der Waals surface area contributed by atoms with E-state index >= 15 is 0 Å². The summed E-state index contributed by atoms with van der Waals surface area (Å²) in [5.41, 5.74) is 4.79. The summed E-state index contributed by atoms with van der Waals surface area (Å²) in [6.45, 7) is 4.31. The van der Waals surface area contributed by atoms with E-state index in [0.717, 1.165) is 24.5 Å². The minimum atomic E-state index is -0.642. The number of aromatic hydroxyl groups is 2. The van der Waals surface area contributed by atoms with Crippen LogP contribution in [-0.2, 0) is 16.2 Å². The van der Waals surface area contributed by atoms with E-state index in [-0.39, 0.29) is 29.1 Å². The molecule has 0 aromatic heterocycles. The Kier molecular flexibility index (Phi) is 8.72. The van der Waals surface area contributed by atoms with Crippen LogP contribution in [0.4, 0.5) is 0 Å². The molecule has 0 spiro atoms. The highest BCUT2D eigenvalue weighted by Gasteiger charge is 2.24. The quantitative estimate of drug-likeness (QED) is 0.311. The number of carbonyl (C=O) groups is 1. The first kappa shape index (κ1) is 24.1. The van der Waals surface area contributed by atoms with Gasteiger partial charge >= 0.3 is 5.97 Å². The van der Waals surface area contributed by atoms with Crippen LogP contribution in [0.15, 0.2) is 72.5 Å². The van der Waals surface area contributed by atoms with Crippen LogP contribution in [0.2, 0.25) is 0 Å². The molecule has 6 heteroatoms. The number of phenols is 2. The van der Waals surface area contributed by atoms with Gasteiger partial charge in [-0.15, -0.1) is 0 Å². The van der Waals surface area contributed by atoms with Crippen molar-refractivity contribution in [1.29, 1.82) is 0 Å². The van der Waals surface area contributed by atoms with Crippen LogP contribution in [0.5, 0.6) is 11.5 Å². The lowest BCUT2D eigenvalue weighted by Gasteiger charge is -2.21. The average molecular weight is 450 g/mol. The maximum absolute atomic E-state index is 13.0. The summed E-state index contributed by atoms with van der Waals surface area (Å²) in [4.78, 5) is 18.7. The van der Waals surface area contributed by atoms with Gasteiger partial charge in [-0.2, -0.15) is 0 Å². The summed E-state index contributed by atoms with van der Waals surface area (Å²) in [6, 6.07) is 12.3. The molecule has 0 bridgehead atoms. The molecule has 3 N–H and O–H groups in total. The number of rotatable bonds is 5. The second-order valence-electron chi connectivity index (χ2n) is 8.28. The second kappa shape index (κ2) is 11.9. The third-order valence-electron chi connectivity index (χ3n) is 5.25. The molecule has 0 saturated heterocycles. The number of hydrogen-bond acceptors (Lipinski definition) is 6. The van der Waals surface area contributed by atoms with E-state index in [2.05, 4.69) is 11.6 Å². The fourth-order valence-corrected chi connectivity index (χ4v) is 3.43. The Balaban J connectivity index is 1.94. The Morgan fingerprint density at radius 2 is 1.85 bits per heavy atom. The molecule has 2 aromatic carbocycles.